The van der Waals surface area contributed by atoms with Crippen LogP contribution in [-0.4, -0.2) is 33.4 Å². The van der Waals surface area contributed by atoms with Gasteiger partial charge in [0.25, 0.3) is 5.91 Å². The van der Waals surface area contributed by atoms with Crippen molar-refractivity contribution in [3.63, 3.8) is 0 Å². The highest BCUT2D eigenvalue weighted by Gasteiger charge is 2.18. The van der Waals surface area contributed by atoms with Crippen LogP contribution in [0.25, 0.3) is 0 Å². The minimum atomic E-state index is -3.68. The molecule has 1 amide bonds. The second-order valence-corrected chi connectivity index (χ2v) is 8.04. The molecule has 0 saturated heterocycles. The first-order valence-corrected chi connectivity index (χ1v) is 10.3. The molecule has 28 heavy (non-hydrogen) atoms. The molecule has 0 spiro atoms. The Morgan fingerprint density at radius 1 is 1.07 bits per heavy atom. The van der Waals surface area contributed by atoms with Crippen LogP contribution >= 0.6 is 0 Å². The van der Waals surface area contributed by atoms with E-state index < -0.39 is 21.9 Å². The summed E-state index contributed by atoms with van der Waals surface area (Å²) in [5.74, 6) is -0.822. The van der Waals surface area contributed by atoms with Gasteiger partial charge >= 0.3 is 5.97 Å². The molecule has 0 bridgehead atoms. The number of esters is 1. The van der Waals surface area contributed by atoms with E-state index in [9.17, 15) is 18.0 Å². The van der Waals surface area contributed by atoms with E-state index >= 15 is 0 Å². The third kappa shape index (κ3) is 5.64. The van der Waals surface area contributed by atoms with Crippen molar-refractivity contribution in [2.75, 3.05) is 7.11 Å². The fourth-order valence-corrected chi connectivity index (χ4v) is 3.75. The molecule has 0 unspecified atom stereocenters. The van der Waals surface area contributed by atoms with E-state index in [1.165, 1.54) is 25.3 Å². The van der Waals surface area contributed by atoms with Gasteiger partial charge in [0, 0.05) is 18.2 Å². The Bertz CT molecular complexity index is 939. The molecule has 2 rings (SSSR count). The van der Waals surface area contributed by atoms with Crippen LogP contribution in [0, 0.1) is 0 Å². The molecule has 2 aromatic carbocycles. The van der Waals surface area contributed by atoms with Gasteiger partial charge in [-0.05, 0) is 49.2 Å². The summed E-state index contributed by atoms with van der Waals surface area (Å²) < 4.78 is 32.0. The van der Waals surface area contributed by atoms with E-state index in [4.69, 9.17) is 0 Å². The minimum Gasteiger partial charge on any atom is -0.465 e. The number of rotatable bonds is 8. The SMILES string of the molecule is CC[C@H](C)NS(=O)(=O)c1cccc(C(=O)NCc2ccc(C(=O)OC)cc2)c1. The second kappa shape index (κ2) is 9.48. The molecule has 2 N–H and O–H groups in total. The zero-order valence-electron chi connectivity index (χ0n) is 16.1. The molecule has 0 aliphatic carbocycles. The zero-order valence-corrected chi connectivity index (χ0v) is 16.9. The molecular weight excluding hydrogens is 380 g/mol. The number of ether oxygens (including phenoxy) is 1. The lowest BCUT2D eigenvalue weighted by Gasteiger charge is -2.13. The molecule has 0 aromatic heterocycles. The smallest absolute Gasteiger partial charge is 0.337 e. The Morgan fingerprint density at radius 2 is 1.75 bits per heavy atom. The fraction of sp³-hybridized carbons (Fsp3) is 0.300. The lowest BCUT2D eigenvalue weighted by Crippen LogP contribution is -2.32. The maximum Gasteiger partial charge on any atom is 0.337 e. The first-order chi connectivity index (χ1) is 13.3. The van der Waals surface area contributed by atoms with Crippen molar-refractivity contribution < 1.29 is 22.7 Å². The molecule has 8 heteroatoms. The van der Waals surface area contributed by atoms with Crippen molar-refractivity contribution in [2.45, 2.75) is 37.8 Å². The van der Waals surface area contributed by atoms with Gasteiger partial charge in [0.05, 0.1) is 17.6 Å². The van der Waals surface area contributed by atoms with Crippen LogP contribution < -0.4 is 10.0 Å². The monoisotopic (exact) mass is 404 g/mol. The van der Waals surface area contributed by atoms with Crippen LogP contribution in [0.1, 0.15) is 46.5 Å². The van der Waals surface area contributed by atoms with Crippen molar-refractivity contribution in [3.05, 3.63) is 65.2 Å². The standard InChI is InChI=1S/C20H24N2O5S/c1-4-14(2)22-28(25,26)18-7-5-6-17(12-18)19(23)21-13-15-8-10-16(11-9-15)20(24)27-3/h5-12,14,22H,4,13H2,1-3H3,(H,21,23)/t14-/m0/s1. The molecule has 2 aromatic rings. The lowest BCUT2D eigenvalue weighted by atomic mass is 10.1. The Kier molecular flexibility index (Phi) is 7.31. The summed E-state index contributed by atoms with van der Waals surface area (Å²) in [7, 11) is -2.38. The van der Waals surface area contributed by atoms with E-state index in [0.29, 0.717) is 12.0 Å². The maximum atomic E-state index is 12.4. The van der Waals surface area contributed by atoms with E-state index in [2.05, 4.69) is 14.8 Å². The van der Waals surface area contributed by atoms with E-state index in [0.717, 1.165) is 5.56 Å². The molecule has 0 heterocycles. The van der Waals surface area contributed by atoms with Crippen LogP contribution in [0.15, 0.2) is 53.4 Å². The van der Waals surface area contributed by atoms with Crippen molar-refractivity contribution >= 4 is 21.9 Å². The molecular formula is C20H24N2O5S. The van der Waals surface area contributed by atoms with Gasteiger partial charge < -0.3 is 10.1 Å². The molecule has 0 aliphatic rings. The van der Waals surface area contributed by atoms with E-state index in [1.807, 2.05) is 6.92 Å². The second-order valence-electron chi connectivity index (χ2n) is 6.33. The average Bonchev–Trinajstić information content (AvgIpc) is 2.71. The van der Waals surface area contributed by atoms with Gasteiger partial charge in [0.2, 0.25) is 10.0 Å². The van der Waals surface area contributed by atoms with Crippen LogP contribution in [0.5, 0.6) is 0 Å². The van der Waals surface area contributed by atoms with Crippen molar-refractivity contribution in [1.29, 1.82) is 0 Å². The number of carbonyl (C=O) groups is 2. The fourth-order valence-electron chi connectivity index (χ4n) is 2.38. The summed E-state index contributed by atoms with van der Waals surface area (Å²) in [6.07, 6.45) is 0.661. The van der Waals surface area contributed by atoms with Crippen molar-refractivity contribution in [3.8, 4) is 0 Å². The van der Waals surface area contributed by atoms with Crippen LogP contribution in [0.4, 0.5) is 0 Å². The van der Waals surface area contributed by atoms with Gasteiger partial charge in [-0.15, -0.1) is 0 Å². The summed E-state index contributed by atoms with van der Waals surface area (Å²) in [5.41, 5.74) is 1.46. The molecule has 0 aliphatic heterocycles. The quantitative estimate of drug-likeness (QED) is 0.658. The number of nitrogens with one attached hydrogen (secondary N) is 2. The number of hydrogen-bond acceptors (Lipinski definition) is 5. The van der Waals surface area contributed by atoms with Gasteiger partial charge in [-0.1, -0.05) is 25.1 Å². The van der Waals surface area contributed by atoms with Crippen LogP contribution in [0.2, 0.25) is 0 Å². The van der Waals surface area contributed by atoms with Crippen molar-refractivity contribution in [2.24, 2.45) is 0 Å². The first kappa shape index (κ1) is 21.6. The Hall–Kier alpha value is -2.71. The van der Waals surface area contributed by atoms with Crippen molar-refractivity contribution in [1.82, 2.24) is 10.0 Å². The lowest BCUT2D eigenvalue weighted by molar-refractivity contribution is 0.0600. The highest BCUT2D eigenvalue weighted by atomic mass is 32.2. The maximum absolute atomic E-state index is 12.4. The first-order valence-electron chi connectivity index (χ1n) is 8.84. The Labute approximate surface area is 165 Å². The van der Waals surface area contributed by atoms with Crippen LogP contribution in [-0.2, 0) is 21.3 Å². The molecule has 0 fully saturated rings. The number of carbonyl (C=O) groups excluding carboxylic acids is 2. The van der Waals surface area contributed by atoms with Crippen LogP contribution in [0.3, 0.4) is 0 Å². The summed E-state index contributed by atoms with van der Waals surface area (Å²) in [5, 5.41) is 2.74. The van der Waals surface area contributed by atoms with Gasteiger partial charge in [-0.3, -0.25) is 4.79 Å². The van der Waals surface area contributed by atoms with Gasteiger partial charge in [-0.25, -0.2) is 17.9 Å². The zero-order chi connectivity index (χ0) is 20.7. The van der Waals surface area contributed by atoms with Gasteiger partial charge in [0.15, 0.2) is 0 Å². The normalized spacial score (nSPS) is 12.2. The largest absolute Gasteiger partial charge is 0.465 e. The summed E-state index contributed by atoms with van der Waals surface area (Å²) in [6, 6.07) is 12.3. The number of hydrogen-bond donors (Lipinski definition) is 2. The molecule has 1 atom stereocenters. The summed E-state index contributed by atoms with van der Waals surface area (Å²) >= 11 is 0. The highest BCUT2D eigenvalue weighted by molar-refractivity contribution is 7.89. The van der Waals surface area contributed by atoms with Gasteiger partial charge in [-0.2, -0.15) is 0 Å². The summed E-state index contributed by atoms with van der Waals surface area (Å²) in [4.78, 5) is 23.9. The number of amides is 1. The molecule has 7 nitrogen and oxygen atoms in total. The highest BCUT2D eigenvalue weighted by Crippen LogP contribution is 2.13. The number of methoxy groups -OCH3 is 1. The molecule has 0 radical (unpaired) electrons. The van der Waals surface area contributed by atoms with Gasteiger partial charge in [0.1, 0.15) is 0 Å². The summed E-state index contributed by atoms with van der Waals surface area (Å²) in [6.45, 7) is 3.90. The van der Waals surface area contributed by atoms with E-state index in [-0.39, 0.29) is 23.0 Å². The Balaban J connectivity index is 2.06. The molecule has 150 valence electrons. The third-order valence-corrected chi connectivity index (χ3v) is 5.79. The average molecular weight is 404 g/mol. The minimum absolute atomic E-state index is 0.0443. The predicted molar refractivity (Wildman–Crippen MR) is 105 cm³/mol. The number of sulfonamides is 1. The topological polar surface area (TPSA) is 102 Å². The molecule has 0 saturated carbocycles. The predicted octanol–water partition coefficient (Wildman–Crippen LogP) is 2.48. The van der Waals surface area contributed by atoms with E-state index in [1.54, 1.807) is 37.3 Å². The third-order valence-electron chi connectivity index (χ3n) is 4.20. The Morgan fingerprint density at radius 3 is 2.36 bits per heavy atom. The number of benzene rings is 2.